The average Bonchev–Trinajstić information content (AvgIpc) is 3.98. The zero-order valence-corrected chi connectivity index (χ0v) is 33.1. The van der Waals surface area contributed by atoms with E-state index in [4.69, 9.17) is 28.3 Å². The molecule has 11 nitrogen and oxygen atoms in total. The molecule has 0 saturated carbocycles. The Morgan fingerprint density at radius 2 is 1.73 bits per heavy atom. The largest absolute Gasteiger partial charge is 0.493 e. The second-order valence-corrected chi connectivity index (χ2v) is 15.3. The number of ketones is 1. The lowest BCUT2D eigenvalue weighted by atomic mass is 9.76. The van der Waals surface area contributed by atoms with Gasteiger partial charge in [0.1, 0.15) is 18.1 Å². The van der Waals surface area contributed by atoms with Gasteiger partial charge >= 0.3 is 0 Å². The fraction of sp³-hybridized carbons (Fsp3) is 0.444. The molecule has 5 aromatic rings. The van der Waals surface area contributed by atoms with Gasteiger partial charge in [0.2, 0.25) is 11.7 Å². The topological polar surface area (TPSA) is 108 Å². The zero-order chi connectivity index (χ0) is 39.1. The second-order valence-electron chi connectivity index (χ2n) is 15.3. The summed E-state index contributed by atoms with van der Waals surface area (Å²) in [5, 5.41) is 0. The Hall–Kier alpha value is -5.13. The number of fused-ring (bicyclic) bond motifs is 1. The minimum absolute atomic E-state index is 0.0623. The standard InChI is InChI=1S/C45H54N4O7/c1-32(2)56-36-10-7-9-33(27-36)28-42(50)48-23-19-45(31-48,35-14-15-40(52-3)41(29-35)53-4)18-22-47-20-16-34(17-21-47)43(51)44-46-38-12-5-6-13-39(38)49(44)24-26-54-30-37-11-8-25-55-37/h5-15,25,27,29,32,34H,16-24,26,28,30-31H2,1-4H3. The van der Waals surface area contributed by atoms with Gasteiger partial charge in [0.05, 0.1) is 50.6 Å². The van der Waals surface area contributed by atoms with Crippen molar-refractivity contribution in [2.45, 2.75) is 70.6 Å². The Kier molecular flexibility index (Phi) is 12.4. The van der Waals surface area contributed by atoms with Crippen molar-refractivity contribution < 1.29 is 33.0 Å². The molecule has 0 spiro atoms. The highest BCUT2D eigenvalue weighted by atomic mass is 16.5. The van der Waals surface area contributed by atoms with Gasteiger partial charge in [-0.25, -0.2) is 4.98 Å². The number of nitrogens with zero attached hydrogens (tertiary/aromatic N) is 4. The normalized spacial score (nSPS) is 17.8. The van der Waals surface area contributed by atoms with Crippen molar-refractivity contribution in [1.29, 1.82) is 0 Å². The minimum Gasteiger partial charge on any atom is -0.493 e. The smallest absolute Gasteiger partial charge is 0.227 e. The fourth-order valence-electron chi connectivity index (χ4n) is 8.31. The molecule has 0 N–H and O–H groups in total. The summed E-state index contributed by atoms with van der Waals surface area (Å²) in [7, 11) is 3.31. The number of piperidine rings is 1. The van der Waals surface area contributed by atoms with Gasteiger partial charge in [-0.05, 0) is 119 Å². The van der Waals surface area contributed by atoms with Gasteiger partial charge in [0.15, 0.2) is 17.3 Å². The molecule has 296 valence electrons. The first-order valence-electron chi connectivity index (χ1n) is 19.8. The van der Waals surface area contributed by atoms with E-state index in [0.717, 1.165) is 79.0 Å². The van der Waals surface area contributed by atoms with Crippen LogP contribution in [-0.2, 0) is 34.5 Å². The quantitative estimate of drug-likeness (QED) is 0.0710. The molecule has 0 radical (unpaired) electrons. The first-order chi connectivity index (χ1) is 27.2. The summed E-state index contributed by atoms with van der Waals surface area (Å²) in [5.41, 5.74) is 3.60. The van der Waals surface area contributed by atoms with E-state index in [0.29, 0.717) is 56.6 Å². The van der Waals surface area contributed by atoms with Crippen LogP contribution in [0.3, 0.4) is 0 Å². The van der Waals surface area contributed by atoms with Crippen LogP contribution in [-0.4, -0.2) is 90.7 Å². The first-order valence-corrected chi connectivity index (χ1v) is 19.8. The van der Waals surface area contributed by atoms with Crippen LogP contribution >= 0.6 is 0 Å². The maximum atomic E-state index is 14.1. The molecule has 3 aromatic carbocycles. The summed E-state index contributed by atoms with van der Waals surface area (Å²) in [4.78, 5) is 37.2. The number of hydrogen-bond donors (Lipinski definition) is 0. The average molecular weight is 763 g/mol. The molecule has 2 fully saturated rings. The summed E-state index contributed by atoms with van der Waals surface area (Å²) in [5.74, 6) is 3.54. The molecule has 2 saturated heterocycles. The van der Waals surface area contributed by atoms with Crippen LogP contribution in [0.1, 0.15) is 67.0 Å². The molecule has 0 bridgehead atoms. The van der Waals surface area contributed by atoms with Crippen LogP contribution in [0.5, 0.6) is 17.2 Å². The highest BCUT2D eigenvalue weighted by Gasteiger charge is 2.42. The predicted molar refractivity (Wildman–Crippen MR) is 215 cm³/mol. The SMILES string of the molecule is COc1ccc(C2(CCN3CCC(C(=O)c4nc5ccccc5n4CCOCc4ccco4)CC3)CCN(C(=O)Cc3cccc(OC(C)C)c3)C2)cc1OC. The van der Waals surface area contributed by atoms with Crippen molar-refractivity contribution in [2.75, 3.05) is 53.6 Å². The summed E-state index contributed by atoms with van der Waals surface area (Å²) in [6.45, 7) is 9.15. The number of carbonyl (C=O) groups excluding carboxylic acids is 2. The Bertz CT molecular complexity index is 2090. The van der Waals surface area contributed by atoms with Crippen LogP contribution in [0.2, 0.25) is 0 Å². The highest BCUT2D eigenvalue weighted by Crippen LogP contribution is 2.42. The monoisotopic (exact) mass is 762 g/mol. The fourth-order valence-corrected chi connectivity index (χ4v) is 8.31. The van der Waals surface area contributed by atoms with Gasteiger partial charge < -0.3 is 37.7 Å². The molecule has 7 rings (SSSR count). The van der Waals surface area contributed by atoms with Crippen molar-refractivity contribution in [3.05, 3.63) is 108 Å². The third kappa shape index (κ3) is 8.95. The van der Waals surface area contributed by atoms with E-state index in [1.165, 1.54) is 0 Å². The number of benzene rings is 3. The number of aromatic nitrogens is 2. The third-order valence-electron chi connectivity index (χ3n) is 11.4. The Morgan fingerprint density at radius 1 is 0.911 bits per heavy atom. The zero-order valence-electron chi connectivity index (χ0n) is 33.1. The molecular weight excluding hydrogens is 709 g/mol. The maximum Gasteiger partial charge on any atom is 0.227 e. The van der Waals surface area contributed by atoms with Crippen molar-refractivity contribution >= 4 is 22.7 Å². The Balaban J connectivity index is 1.01. The van der Waals surface area contributed by atoms with Gasteiger partial charge in [-0.2, -0.15) is 0 Å². The number of para-hydroxylation sites is 2. The van der Waals surface area contributed by atoms with Crippen molar-refractivity contribution in [3.63, 3.8) is 0 Å². The summed E-state index contributed by atoms with van der Waals surface area (Å²) < 4.78 is 30.5. The summed E-state index contributed by atoms with van der Waals surface area (Å²) in [6, 6.07) is 25.7. The van der Waals surface area contributed by atoms with Crippen molar-refractivity contribution in [3.8, 4) is 17.2 Å². The van der Waals surface area contributed by atoms with E-state index in [2.05, 4.69) is 17.0 Å². The molecule has 1 atom stereocenters. The highest BCUT2D eigenvalue weighted by molar-refractivity contribution is 5.98. The number of carbonyl (C=O) groups is 2. The molecule has 2 aliphatic heterocycles. The van der Waals surface area contributed by atoms with Gasteiger partial charge in [0, 0.05) is 31.0 Å². The van der Waals surface area contributed by atoms with E-state index in [1.807, 2.05) is 90.0 Å². The van der Waals surface area contributed by atoms with Crippen molar-refractivity contribution in [2.24, 2.45) is 5.92 Å². The number of methoxy groups -OCH3 is 2. The summed E-state index contributed by atoms with van der Waals surface area (Å²) >= 11 is 0. The molecule has 1 amide bonds. The predicted octanol–water partition coefficient (Wildman–Crippen LogP) is 7.35. The number of amides is 1. The molecule has 11 heteroatoms. The minimum atomic E-state index is -0.256. The maximum absolute atomic E-state index is 14.1. The summed E-state index contributed by atoms with van der Waals surface area (Å²) in [6.07, 6.45) is 5.28. The lowest BCUT2D eigenvalue weighted by Crippen LogP contribution is -2.41. The Morgan fingerprint density at radius 3 is 2.50 bits per heavy atom. The number of imidazole rings is 1. The number of ether oxygens (including phenoxy) is 4. The van der Waals surface area contributed by atoms with Crippen LogP contribution in [0.25, 0.3) is 11.0 Å². The first kappa shape index (κ1) is 39.1. The van der Waals surface area contributed by atoms with Crippen LogP contribution in [0.4, 0.5) is 0 Å². The number of hydrogen-bond acceptors (Lipinski definition) is 9. The lowest BCUT2D eigenvalue weighted by Gasteiger charge is -2.36. The molecule has 4 heterocycles. The van der Waals surface area contributed by atoms with Crippen molar-refractivity contribution in [1.82, 2.24) is 19.4 Å². The van der Waals surface area contributed by atoms with Crippen LogP contribution in [0.15, 0.2) is 89.5 Å². The number of likely N-dealkylation sites (tertiary alicyclic amines) is 2. The molecule has 2 aliphatic rings. The number of Topliss-reactive ketones (excluding diaryl/α,β-unsaturated/α-hetero) is 1. The molecule has 1 unspecified atom stereocenters. The third-order valence-corrected chi connectivity index (χ3v) is 11.4. The van der Waals surface area contributed by atoms with E-state index >= 15 is 0 Å². The number of rotatable bonds is 17. The second kappa shape index (κ2) is 17.8. The van der Waals surface area contributed by atoms with Crippen LogP contribution in [0, 0.1) is 5.92 Å². The van der Waals surface area contributed by atoms with Gasteiger partial charge in [-0.15, -0.1) is 0 Å². The van der Waals surface area contributed by atoms with Gasteiger partial charge in [0.25, 0.3) is 0 Å². The van der Waals surface area contributed by atoms with Gasteiger partial charge in [-0.3, -0.25) is 9.59 Å². The molecule has 56 heavy (non-hydrogen) atoms. The molecule has 2 aromatic heterocycles. The lowest BCUT2D eigenvalue weighted by molar-refractivity contribution is -0.129. The molecule has 0 aliphatic carbocycles. The van der Waals surface area contributed by atoms with E-state index < -0.39 is 0 Å². The van der Waals surface area contributed by atoms with E-state index in [9.17, 15) is 9.59 Å². The molecular formula is C45H54N4O7. The van der Waals surface area contributed by atoms with Gasteiger partial charge in [-0.1, -0.05) is 30.3 Å². The van der Waals surface area contributed by atoms with Crippen LogP contribution < -0.4 is 14.2 Å². The Labute approximate surface area is 329 Å². The van der Waals surface area contributed by atoms with E-state index in [-0.39, 0.29) is 29.1 Å². The van der Waals surface area contributed by atoms with E-state index in [1.54, 1.807) is 20.5 Å². The number of furan rings is 1.